The number of amides is 1. The van der Waals surface area contributed by atoms with Gasteiger partial charge in [0.15, 0.2) is 0 Å². The molecule has 2 fully saturated rings. The van der Waals surface area contributed by atoms with Crippen LogP contribution in [0, 0.1) is 5.92 Å². The van der Waals surface area contributed by atoms with Crippen LogP contribution in [0.15, 0.2) is 0 Å². The smallest absolute Gasteiger partial charge is 0.236 e. The molecule has 1 unspecified atom stereocenters. The van der Waals surface area contributed by atoms with Crippen molar-refractivity contribution in [2.45, 2.75) is 32.6 Å². The van der Waals surface area contributed by atoms with Crippen molar-refractivity contribution in [1.29, 1.82) is 0 Å². The highest BCUT2D eigenvalue weighted by atomic mass is 16.2. The second-order valence-electron chi connectivity index (χ2n) is 5.68. The van der Waals surface area contributed by atoms with E-state index in [1.165, 1.54) is 19.4 Å². The summed E-state index contributed by atoms with van der Waals surface area (Å²) in [6, 6.07) is 0. The zero-order valence-corrected chi connectivity index (χ0v) is 11.7. The third-order valence-corrected chi connectivity index (χ3v) is 4.02. The maximum absolute atomic E-state index is 12.1. The molecule has 0 saturated carbocycles. The van der Waals surface area contributed by atoms with Crippen molar-refractivity contribution in [3.63, 3.8) is 0 Å². The summed E-state index contributed by atoms with van der Waals surface area (Å²) in [5.41, 5.74) is 0. The summed E-state index contributed by atoms with van der Waals surface area (Å²) in [4.78, 5) is 16.5. The molecular formula is C14H27N3O. The number of nitrogens with zero attached hydrogens (tertiary/aromatic N) is 2. The van der Waals surface area contributed by atoms with Crippen molar-refractivity contribution in [2.24, 2.45) is 5.92 Å². The highest BCUT2D eigenvalue weighted by Gasteiger charge is 2.23. The second-order valence-corrected chi connectivity index (χ2v) is 5.68. The summed E-state index contributed by atoms with van der Waals surface area (Å²) in [7, 11) is 0. The highest BCUT2D eigenvalue weighted by Crippen LogP contribution is 2.14. The fourth-order valence-electron chi connectivity index (χ4n) is 3.09. The van der Waals surface area contributed by atoms with E-state index in [9.17, 15) is 4.79 Å². The molecule has 0 bridgehead atoms. The number of rotatable bonds is 4. The number of hydrogen-bond donors (Lipinski definition) is 1. The Labute approximate surface area is 111 Å². The molecule has 1 amide bonds. The molecule has 2 heterocycles. The zero-order chi connectivity index (χ0) is 12.8. The van der Waals surface area contributed by atoms with Crippen LogP contribution >= 0.6 is 0 Å². The molecule has 0 aliphatic carbocycles. The van der Waals surface area contributed by atoms with Crippen molar-refractivity contribution < 1.29 is 4.79 Å². The van der Waals surface area contributed by atoms with Crippen LogP contribution in [0.25, 0.3) is 0 Å². The van der Waals surface area contributed by atoms with Gasteiger partial charge in [0.25, 0.3) is 0 Å². The topological polar surface area (TPSA) is 35.6 Å². The van der Waals surface area contributed by atoms with Crippen LogP contribution in [0.2, 0.25) is 0 Å². The number of nitrogens with one attached hydrogen (secondary N) is 1. The van der Waals surface area contributed by atoms with E-state index in [1.807, 2.05) is 4.90 Å². The third kappa shape index (κ3) is 3.95. The van der Waals surface area contributed by atoms with Crippen LogP contribution in [0.3, 0.4) is 0 Å². The SMILES string of the molecule is CCCN1CCCN(CC2CCCNC2)CC1=O. The molecule has 2 aliphatic rings. The standard InChI is InChI=1S/C14H27N3O/c1-2-7-17-9-4-8-16(12-14(17)18)11-13-5-3-6-15-10-13/h13,15H,2-12H2,1H3. The van der Waals surface area contributed by atoms with Gasteiger partial charge in [0.05, 0.1) is 6.54 Å². The van der Waals surface area contributed by atoms with Gasteiger partial charge in [-0.25, -0.2) is 0 Å². The molecule has 0 radical (unpaired) electrons. The van der Waals surface area contributed by atoms with E-state index >= 15 is 0 Å². The Morgan fingerprint density at radius 1 is 1.33 bits per heavy atom. The van der Waals surface area contributed by atoms with Gasteiger partial charge in [-0.15, -0.1) is 0 Å². The average molecular weight is 253 g/mol. The maximum Gasteiger partial charge on any atom is 0.236 e. The van der Waals surface area contributed by atoms with Gasteiger partial charge in [-0.1, -0.05) is 6.92 Å². The molecule has 18 heavy (non-hydrogen) atoms. The fourth-order valence-corrected chi connectivity index (χ4v) is 3.09. The molecule has 1 atom stereocenters. The predicted octanol–water partition coefficient (Wildman–Crippen LogP) is 0.930. The largest absolute Gasteiger partial charge is 0.342 e. The first-order valence-electron chi connectivity index (χ1n) is 7.50. The van der Waals surface area contributed by atoms with Crippen LogP contribution in [0.1, 0.15) is 32.6 Å². The predicted molar refractivity (Wildman–Crippen MR) is 73.5 cm³/mol. The lowest BCUT2D eigenvalue weighted by atomic mass is 9.99. The van der Waals surface area contributed by atoms with E-state index < -0.39 is 0 Å². The van der Waals surface area contributed by atoms with Gasteiger partial charge in [-0.05, 0) is 44.7 Å². The second kappa shape index (κ2) is 7.10. The van der Waals surface area contributed by atoms with Gasteiger partial charge >= 0.3 is 0 Å². The molecule has 2 aliphatic heterocycles. The Hall–Kier alpha value is -0.610. The number of hydrogen-bond acceptors (Lipinski definition) is 3. The molecule has 2 saturated heterocycles. The van der Waals surface area contributed by atoms with Crippen LogP contribution < -0.4 is 5.32 Å². The summed E-state index contributed by atoms with van der Waals surface area (Å²) in [6.07, 6.45) is 4.80. The van der Waals surface area contributed by atoms with Gasteiger partial charge in [0, 0.05) is 26.2 Å². The molecule has 104 valence electrons. The average Bonchev–Trinajstić information content (AvgIpc) is 2.54. The van der Waals surface area contributed by atoms with Gasteiger partial charge in [0.1, 0.15) is 0 Å². The first-order chi connectivity index (χ1) is 8.79. The van der Waals surface area contributed by atoms with Gasteiger partial charge in [0.2, 0.25) is 5.91 Å². The van der Waals surface area contributed by atoms with Gasteiger partial charge in [-0.3, -0.25) is 9.69 Å². The summed E-state index contributed by atoms with van der Waals surface area (Å²) < 4.78 is 0. The van der Waals surface area contributed by atoms with Crippen molar-refractivity contribution in [1.82, 2.24) is 15.1 Å². The van der Waals surface area contributed by atoms with Crippen molar-refractivity contribution >= 4 is 5.91 Å². The van der Waals surface area contributed by atoms with Crippen LogP contribution in [0.4, 0.5) is 0 Å². The number of carbonyl (C=O) groups is 1. The normalized spacial score (nSPS) is 27.3. The molecular weight excluding hydrogens is 226 g/mol. The Bertz CT molecular complexity index is 264. The maximum atomic E-state index is 12.1. The summed E-state index contributed by atoms with van der Waals surface area (Å²) >= 11 is 0. The Balaban J connectivity index is 1.81. The lowest BCUT2D eigenvalue weighted by Gasteiger charge is -2.28. The Kier molecular flexibility index (Phi) is 5.45. The quantitative estimate of drug-likeness (QED) is 0.809. The van der Waals surface area contributed by atoms with Crippen LogP contribution in [0.5, 0.6) is 0 Å². The van der Waals surface area contributed by atoms with E-state index in [2.05, 4.69) is 17.1 Å². The molecule has 4 nitrogen and oxygen atoms in total. The molecule has 0 aromatic carbocycles. The van der Waals surface area contributed by atoms with Crippen molar-refractivity contribution in [3.05, 3.63) is 0 Å². The lowest BCUT2D eigenvalue weighted by Crippen LogP contribution is -2.41. The van der Waals surface area contributed by atoms with E-state index in [-0.39, 0.29) is 0 Å². The molecule has 1 N–H and O–H groups in total. The van der Waals surface area contributed by atoms with Gasteiger partial charge < -0.3 is 10.2 Å². The minimum atomic E-state index is 0.332. The van der Waals surface area contributed by atoms with Crippen LogP contribution in [-0.4, -0.2) is 61.5 Å². The van der Waals surface area contributed by atoms with E-state index in [4.69, 9.17) is 0 Å². The molecule has 2 rings (SSSR count). The van der Waals surface area contributed by atoms with E-state index in [0.29, 0.717) is 12.5 Å². The number of piperidine rings is 1. The molecule has 4 heteroatoms. The summed E-state index contributed by atoms with van der Waals surface area (Å²) in [6.45, 7) is 9.13. The van der Waals surface area contributed by atoms with E-state index in [1.54, 1.807) is 0 Å². The monoisotopic (exact) mass is 253 g/mol. The van der Waals surface area contributed by atoms with Gasteiger partial charge in [-0.2, -0.15) is 0 Å². The highest BCUT2D eigenvalue weighted by molar-refractivity contribution is 5.78. The third-order valence-electron chi connectivity index (χ3n) is 4.02. The Morgan fingerprint density at radius 3 is 2.94 bits per heavy atom. The van der Waals surface area contributed by atoms with Crippen LogP contribution in [-0.2, 0) is 4.79 Å². The lowest BCUT2D eigenvalue weighted by molar-refractivity contribution is -0.131. The fraction of sp³-hybridized carbons (Fsp3) is 0.929. The minimum Gasteiger partial charge on any atom is -0.342 e. The molecule has 0 aromatic rings. The first kappa shape index (κ1) is 13.8. The molecule has 0 aromatic heterocycles. The zero-order valence-electron chi connectivity index (χ0n) is 11.7. The summed E-state index contributed by atoms with van der Waals surface area (Å²) in [5.74, 6) is 1.07. The minimum absolute atomic E-state index is 0.332. The Morgan fingerprint density at radius 2 is 2.22 bits per heavy atom. The van der Waals surface area contributed by atoms with E-state index in [0.717, 1.165) is 51.5 Å². The summed E-state index contributed by atoms with van der Waals surface area (Å²) in [5, 5.41) is 3.46. The number of carbonyl (C=O) groups excluding carboxylic acids is 1. The van der Waals surface area contributed by atoms with Crippen molar-refractivity contribution in [3.8, 4) is 0 Å². The first-order valence-corrected chi connectivity index (χ1v) is 7.50. The van der Waals surface area contributed by atoms with Crippen molar-refractivity contribution in [2.75, 3.05) is 45.8 Å². The molecule has 0 spiro atoms.